The van der Waals surface area contributed by atoms with Gasteiger partial charge in [-0.1, -0.05) is 27.2 Å². The topological polar surface area (TPSA) is 30.5 Å². The molecule has 0 heterocycles. The minimum Gasteiger partial charge on any atom is -0.379 e. The number of methoxy groups -OCH3 is 1. The van der Waals surface area contributed by atoms with Crippen molar-refractivity contribution in [2.75, 3.05) is 20.3 Å². The molecule has 114 valence electrons. The van der Waals surface area contributed by atoms with E-state index in [9.17, 15) is 0 Å². The van der Waals surface area contributed by atoms with E-state index in [4.69, 9.17) is 9.47 Å². The highest BCUT2D eigenvalue weighted by atomic mass is 16.5. The van der Waals surface area contributed by atoms with Gasteiger partial charge >= 0.3 is 0 Å². The summed E-state index contributed by atoms with van der Waals surface area (Å²) in [4.78, 5) is 0. The van der Waals surface area contributed by atoms with Crippen LogP contribution in [0.4, 0.5) is 0 Å². The summed E-state index contributed by atoms with van der Waals surface area (Å²) in [6.07, 6.45) is 5.02. The maximum Gasteiger partial charge on any atom is 0.0733 e. The lowest BCUT2D eigenvalue weighted by Crippen LogP contribution is -2.53. The Balaban J connectivity index is 2.50. The third-order valence-corrected chi connectivity index (χ3v) is 4.54. The van der Waals surface area contributed by atoms with Gasteiger partial charge in [0.05, 0.1) is 11.7 Å². The molecule has 0 amide bonds. The van der Waals surface area contributed by atoms with Crippen LogP contribution in [0, 0.1) is 5.41 Å². The van der Waals surface area contributed by atoms with Gasteiger partial charge in [0.15, 0.2) is 0 Å². The van der Waals surface area contributed by atoms with E-state index in [-0.39, 0.29) is 5.60 Å². The van der Waals surface area contributed by atoms with Crippen LogP contribution in [-0.2, 0) is 9.47 Å². The molecular weight excluding hydrogens is 238 g/mol. The zero-order valence-electron chi connectivity index (χ0n) is 13.7. The third kappa shape index (κ3) is 5.05. The molecule has 1 N–H and O–H groups in total. The highest BCUT2D eigenvalue weighted by Crippen LogP contribution is 2.37. The van der Waals surface area contributed by atoms with E-state index < -0.39 is 0 Å². The van der Waals surface area contributed by atoms with Crippen LogP contribution in [0.1, 0.15) is 60.3 Å². The Morgan fingerprint density at radius 1 is 1.32 bits per heavy atom. The molecule has 0 aromatic heterocycles. The molecule has 0 bridgehead atoms. The molecule has 1 aliphatic carbocycles. The second-order valence-electron chi connectivity index (χ2n) is 7.04. The molecule has 3 heteroatoms. The van der Waals surface area contributed by atoms with Gasteiger partial charge < -0.3 is 14.8 Å². The first-order chi connectivity index (χ1) is 8.82. The fraction of sp³-hybridized carbons (Fsp3) is 1.00. The summed E-state index contributed by atoms with van der Waals surface area (Å²) in [6, 6.07) is 0.469. The number of likely N-dealkylation sites (N-methyl/N-ethyl adjacent to an activating group) is 1. The zero-order chi connectivity index (χ0) is 14.5. The van der Waals surface area contributed by atoms with Crippen LogP contribution in [0.25, 0.3) is 0 Å². The van der Waals surface area contributed by atoms with Crippen molar-refractivity contribution in [2.24, 2.45) is 5.41 Å². The fourth-order valence-corrected chi connectivity index (χ4v) is 2.95. The molecule has 2 atom stereocenters. The average Bonchev–Trinajstić information content (AvgIpc) is 2.33. The lowest BCUT2D eigenvalue weighted by molar-refractivity contribution is -0.0637. The largest absolute Gasteiger partial charge is 0.379 e. The Bertz CT molecular complexity index is 263. The van der Waals surface area contributed by atoms with Gasteiger partial charge in [0, 0.05) is 19.8 Å². The normalized spacial score (nSPS) is 27.5. The van der Waals surface area contributed by atoms with E-state index >= 15 is 0 Å². The van der Waals surface area contributed by atoms with Crippen LogP contribution in [-0.4, -0.2) is 38.0 Å². The smallest absolute Gasteiger partial charge is 0.0733 e. The number of hydrogen-bond acceptors (Lipinski definition) is 3. The van der Waals surface area contributed by atoms with Crippen molar-refractivity contribution in [1.82, 2.24) is 5.32 Å². The van der Waals surface area contributed by atoms with E-state index in [1.807, 2.05) is 0 Å². The van der Waals surface area contributed by atoms with E-state index in [1.165, 1.54) is 19.3 Å². The van der Waals surface area contributed by atoms with E-state index in [2.05, 4.69) is 39.9 Å². The standard InChI is InChI=1S/C16H33NO2/c1-7-17-14-13(9-8-10-15(14,2)3)19-12-11-16(4,5)18-6/h13-14,17H,7-12H2,1-6H3. The maximum absolute atomic E-state index is 6.18. The molecule has 3 nitrogen and oxygen atoms in total. The van der Waals surface area contributed by atoms with E-state index in [0.717, 1.165) is 19.6 Å². The molecule has 0 saturated heterocycles. The number of hydrogen-bond donors (Lipinski definition) is 1. The van der Waals surface area contributed by atoms with Gasteiger partial charge in [-0.3, -0.25) is 0 Å². The molecule has 19 heavy (non-hydrogen) atoms. The van der Waals surface area contributed by atoms with Gasteiger partial charge in [-0.15, -0.1) is 0 Å². The predicted octanol–water partition coefficient (Wildman–Crippen LogP) is 3.37. The number of ether oxygens (including phenoxy) is 2. The van der Waals surface area contributed by atoms with Crippen LogP contribution < -0.4 is 5.32 Å². The monoisotopic (exact) mass is 271 g/mol. The summed E-state index contributed by atoms with van der Waals surface area (Å²) in [7, 11) is 1.77. The van der Waals surface area contributed by atoms with Crippen molar-refractivity contribution in [3.63, 3.8) is 0 Å². The molecule has 2 unspecified atom stereocenters. The highest BCUT2D eigenvalue weighted by molar-refractivity contribution is 4.94. The van der Waals surface area contributed by atoms with Crippen molar-refractivity contribution >= 4 is 0 Å². The molecule has 0 radical (unpaired) electrons. The molecule has 1 aliphatic rings. The van der Waals surface area contributed by atoms with Crippen molar-refractivity contribution in [3.05, 3.63) is 0 Å². The van der Waals surface area contributed by atoms with Gasteiger partial charge in [0.25, 0.3) is 0 Å². The Labute approximate surface area is 119 Å². The molecule has 0 aromatic carbocycles. The quantitative estimate of drug-likeness (QED) is 0.770. The second kappa shape index (κ2) is 7.05. The lowest BCUT2D eigenvalue weighted by atomic mass is 9.71. The second-order valence-corrected chi connectivity index (χ2v) is 7.04. The minimum atomic E-state index is -0.0855. The first-order valence-corrected chi connectivity index (χ1v) is 7.72. The number of rotatable bonds is 7. The van der Waals surface area contributed by atoms with Gasteiger partial charge in [-0.05, 0) is 45.1 Å². The first kappa shape index (κ1) is 16.9. The average molecular weight is 271 g/mol. The Morgan fingerprint density at radius 3 is 2.58 bits per heavy atom. The van der Waals surface area contributed by atoms with Gasteiger partial charge in [0.1, 0.15) is 0 Å². The van der Waals surface area contributed by atoms with Crippen LogP contribution in [0.5, 0.6) is 0 Å². The highest BCUT2D eigenvalue weighted by Gasteiger charge is 2.39. The number of nitrogens with one attached hydrogen (secondary N) is 1. The minimum absolute atomic E-state index is 0.0855. The molecule has 1 fully saturated rings. The molecule has 1 saturated carbocycles. The van der Waals surface area contributed by atoms with Gasteiger partial charge in [-0.25, -0.2) is 0 Å². The molecule has 1 rings (SSSR count). The first-order valence-electron chi connectivity index (χ1n) is 7.72. The summed E-state index contributed by atoms with van der Waals surface area (Å²) in [5, 5.41) is 3.63. The van der Waals surface area contributed by atoms with Crippen molar-refractivity contribution in [1.29, 1.82) is 0 Å². The van der Waals surface area contributed by atoms with Crippen LogP contribution >= 0.6 is 0 Å². The Morgan fingerprint density at radius 2 is 2.00 bits per heavy atom. The summed E-state index contributed by atoms with van der Waals surface area (Å²) >= 11 is 0. The molecule has 0 spiro atoms. The zero-order valence-corrected chi connectivity index (χ0v) is 13.7. The van der Waals surface area contributed by atoms with Crippen molar-refractivity contribution in [3.8, 4) is 0 Å². The Hall–Kier alpha value is -0.120. The van der Waals surface area contributed by atoms with Crippen LogP contribution in [0.15, 0.2) is 0 Å². The Kier molecular flexibility index (Phi) is 6.28. The predicted molar refractivity (Wildman–Crippen MR) is 80.5 cm³/mol. The van der Waals surface area contributed by atoms with Crippen LogP contribution in [0.3, 0.4) is 0 Å². The molecular formula is C16H33NO2. The summed E-state index contributed by atoms with van der Waals surface area (Å²) in [6.45, 7) is 12.9. The van der Waals surface area contributed by atoms with Crippen LogP contribution in [0.2, 0.25) is 0 Å². The summed E-state index contributed by atoms with van der Waals surface area (Å²) in [5.41, 5.74) is 0.244. The van der Waals surface area contributed by atoms with Crippen molar-refractivity contribution in [2.45, 2.75) is 78.0 Å². The SMILES string of the molecule is CCNC1C(OCCC(C)(C)OC)CCCC1(C)C. The lowest BCUT2D eigenvalue weighted by Gasteiger charge is -2.44. The van der Waals surface area contributed by atoms with Gasteiger partial charge in [-0.2, -0.15) is 0 Å². The van der Waals surface area contributed by atoms with Crippen molar-refractivity contribution < 1.29 is 9.47 Å². The maximum atomic E-state index is 6.18. The van der Waals surface area contributed by atoms with E-state index in [0.29, 0.717) is 17.6 Å². The third-order valence-electron chi connectivity index (χ3n) is 4.54. The fourth-order valence-electron chi connectivity index (χ4n) is 2.95. The summed E-state index contributed by atoms with van der Waals surface area (Å²) in [5.74, 6) is 0. The molecule has 0 aliphatic heterocycles. The molecule has 0 aromatic rings. The van der Waals surface area contributed by atoms with Gasteiger partial charge in [0.2, 0.25) is 0 Å². The summed E-state index contributed by atoms with van der Waals surface area (Å²) < 4.78 is 11.6. The van der Waals surface area contributed by atoms with E-state index in [1.54, 1.807) is 7.11 Å².